The molecule has 88 valence electrons. The van der Waals surface area contributed by atoms with Crippen molar-refractivity contribution in [1.29, 1.82) is 0 Å². The lowest BCUT2D eigenvalue weighted by atomic mass is 10.3. The van der Waals surface area contributed by atoms with Gasteiger partial charge in [-0.05, 0) is 19.1 Å². The Morgan fingerprint density at radius 3 is 2.71 bits per heavy atom. The van der Waals surface area contributed by atoms with E-state index in [0.717, 1.165) is 4.68 Å². The molecule has 0 bridgehead atoms. The molecule has 6 heteroatoms. The summed E-state index contributed by atoms with van der Waals surface area (Å²) < 4.78 is 0.835. The van der Waals surface area contributed by atoms with Gasteiger partial charge in [0.1, 0.15) is 5.75 Å². The molecule has 1 amide bonds. The fraction of sp³-hybridized carbons (Fsp3) is 0.0909. The monoisotopic (exact) mass is 233 g/mol. The van der Waals surface area contributed by atoms with Crippen molar-refractivity contribution in [3.8, 4) is 5.75 Å². The van der Waals surface area contributed by atoms with Crippen molar-refractivity contribution in [2.24, 2.45) is 0 Å². The lowest BCUT2D eigenvalue weighted by Gasteiger charge is -2.06. The van der Waals surface area contributed by atoms with Gasteiger partial charge in [0.25, 0.3) is 5.56 Å². The van der Waals surface area contributed by atoms with Gasteiger partial charge in [0.2, 0.25) is 0 Å². The average Bonchev–Trinajstić information content (AvgIpc) is 2.61. The molecule has 1 heterocycles. The minimum atomic E-state index is -0.649. The van der Waals surface area contributed by atoms with Crippen LogP contribution in [0.15, 0.2) is 35.1 Å². The standard InChI is InChI=1S/C11H11N3O3/c1-7-6-10(16)14(13-7)11(17)12-8-4-2-3-5-9(8)15/h2-6,13,15H,1H3,(H,12,17). The third kappa shape index (κ3) is 2.20. The van der Waals surface area contributed by atoms with Crippen LogP contribution >= 0.6 is 0 Å². The number of hydrogen-bond acceptors (Lipinski definition) is 3. The van der Waals surface area contributed by atoms with Crippen LogP contribution in [-0.4, -0.2) is 20.9 Å². The van der Waals surface area contributed by atoms with Crippen molar-refractivity contribution in [3.05, 3.63) is 46.4 Å². The van der Waals surface area contributed by atoms with E-state index < -0.39 is 11.6 Å². The lowest BCUT2D eigenvalue weighted by molar-refractivity contribution is 0.250. The molecule has 0 aliphatic rings. The van der Waals surface area contributed by atoms with Gasteiger partial charge in [-0.2, -0.15) is 4.68 Å². The topological polar surface area (TPSA) is 87.1 Å². The summed E-state index contributed by atoms with van der Waals surface area (Å²) in [5.41, 5.74) is 0.384. The summed E-state index contributed by atoms with van der Waals surface area (Å²) in [6.45, 7) is 1.67. The number of para-hydroxylation sites is 2. The molecule has 0 radical (unpaired) electrons. The second kappa shape index (κ2) is 4.17. The summed E-state index contributed by atoms with van der Waals surface area (Å²) >= 11 is 0. The largest absolute Gasteiger partial charge is 0.506 e. The number of phenols is 1. The van der Waals surface area contributed by atoms with Crippen molar-refractivity contribution in [3.63, 3.8) is 0 Å². The normalized spacial score (nSPS) is 10.2. The molecule has 0 saturated heterocycles. The van der Waals surface area contributed by atoms with Crippen molar-refractivity contribution in [2.75, 3.05) is 5.32 Å². The number of nitrogens with zero attached hydrogens (tertiary/aromatic N) is 1. The second-order valence-electron chi connectivity index (χ2n) is 3.56. The van der Waals surface area contributed by atoms with Gasteiger partial charge >= 0.3 is 6.03 Å². The van der Waals surface area contributed by atoms with E-state index in [1.54, 1.807) is 19.1 Å². The minimum absolute atomic E-state index is 0.0582. The third-order valence-corrected chi connectivity index (χ3v) is 2.20. The highest BCUT2D eigenvalue weighted by molar-refractivity contribution is 5.91. The van der Waals surface area contributed by atoms with E-state index in [1.165, 1.54) is 18.2 Å². The first kappa shape index (κ1) is 11.0. The summed E-state index contributed by atoms with van der Waals surface area (Å²) in [6.07, 6.45) is 0. The lowest BCUT2D eigenvalue weighted by Crippen LogP contribution is -2.29. The zero-order chi connectivity index (χ0) is 12.4. The molecule has 3 N–H and O–H groups in total. The molecule has 2 aromatic rings. The van der Waals surface area contributed by atoms with Crippen molar-refractivity contribution < 1.29 is 9.90 Å². The van der Waals surface area contributed by atoms with Gasteiger partial charge in [0.15, 0.2) is 0 Å². The molecule has 0 fully saturated rings. The summed E-state index contributed by atoms with van der Waals surface area (Å²) in [5, 5.41) is 14.5. The van der Waals surface area contributed by atoms with Crippen LogP contribution in [0.5, 0.6) is 5.75 Å². The van der Waals surface area contributed by atoms with Gasteiger partial charge in [-0.1, -0.05) is 12.1 Å². The van der Waals surface area contributed by atoms with Crippen molar-refractivity contribution in [2.45, 2.75) is 6.92 Å². The van der Waals surface area contributed by atoms with E-state index in [1.807, 2.05) is 0 Å². The maximum Gasteiger partial charge on any atom is 0.348 e. The van der Waals surface area contributed by atoms with Gasteiger partial charge in [0.05, 0.1) is 5.69 Å². The van der Waals surface area contributed by atoms with Crippen LogP contribution in [0.4, 0.5) is 10.5 Å². The van der Waals surface area contributed by atoms with Crippen LogP contribution in [0.25, 0.3) is 0 Å². The van der Waals surface area contributed by atoms with Gasteiger partial charge in [-0.25, -0.2) is 4.79 Å². The van der Waals surface area contributed by atoms with Crippen LogP contribution < -0.4 is 10.9 Å². The molecule has 0 atom stereocenters. The van der Waals surface area contributed by atoms with E-state index >= 15 is 0 Å². The van der Waals surface area contributed by atoms with E-state index in [2.05, 4.69) is 10.4 Å². The number of H-pyrrole nitrogens is 1. The number of hydrogen-bond donors (Lipinski definition) is 3. The fourth-order valence-electron chi connectivity index (χ4n) is 1.41. The van der Waals surface area contributed by atoms with E-state index in [0.29, 0.717) is 5.69 Å². The van der Waals surface area contributed by atoms with Crippen molar-refractivity contribution >= 4 is 11.7 Å². The van der Waals surface area contributed by atoms with Crippen molar-refractivity contribution in [1.82, 2.24) is 9.78 Å². The number of carbonyl (C=O) groups is 1. The number of aromatic nitrogens is 2. The number of phenolic OH excluding ortho intramolecular Hbond substituents is 1. The molecule has 6 nitrogen and oxygen atoms in total. The molecule has 0 aliphatic heterocycles. The van der Waals surface area contributed by atoms with Crippen LogP contribution in [0, 0.1) is 6.92 Å². The molecular weight excluding hydrogens is 222 g/mol. The SMILES string of the molecule is Cc1cc(=O)n(C(=O)Nc2ccccc2O)[nH]1. The number of carbonyl (C=O) groups excluding carboxylic acids is 1. The fourth-order valence-corrected chi connectivity index (χ4v) is 1.41. The number of aromatic hydroxyl groups is 1. The van der Waals surface area contributed by atoms with Gasteiger partial charge in [0, 0.05) is 11.8 Å². The minimum Gasteiger partial charge on any atom is -0.506 e. The highest BCUT2D eigenvalue weighted by Crippen LogP contribution is 2.21. The Bertz CT molecular complexity index is 612. The number of aryl methyl sites for hydroxylation is 1. The second-order valence-corrected chi connectivity index (χ2v) is 3.56. The molecule has 0 spiro atoms. The van der Waals surface area contributed by atoms with Crippen LogP contribution in [0.1, 0.15) is 5.69 Å². The van der Waals surface area contributed by atoms with Crippen LogP contribution in [0.3, 0.4) is 0 Å². The molecule has 1 aromatic heterocycles. The molecule has 17 heavy (non-hydrogen) atoms. The van der Waals surface area contributed by atoms with E-state index in [9.17, 15) is 14.7 Å². The van der Waals surface area contributed by atoms with E-state index in [4.69, 9.17) is 0 Å². The van der Waals surface area contributed by atoms with Gasteiger partial charge in [-0.3, -0.25) is 9.89 Å². The summed E-state index contributed by atoms with van der Waals surface area (Å²) in [6, 6.07) is 6.94. The highest BCUT2D eigenvalue weighted by atomic mass is 16.3. The van der Waals surface area contributed by atoms with Gasteiger partial charge in [-0.15, -0.1) is 0 Å². The van der Waals surface area contributed by atoms with Gasteiger partial charge < -0.3 is 10.4 Å². The zero-order valence-electron chi connectivity index (χ0n) is 9.10. The number of anilines is 1. The molecule has 0 saturated carbocycles. The Hall–Kier alpha value is -2.50. The molecule has 1 aromatic carbocycles. The number of rotatable bonds is 1. The Labute approximate surface area is 96.5 Å². The number of benzene rings is 1. The van der Waals surface area contributed by atoms with Crippen LogP contribution in [0.2, 0.25) is 0 Å². The molecule has 0 unspecified atom stereocenters. The van der Waals surface area contributed by atoms with Crippen LogP contribution in [-0.2, 0) is 0 Å². The number of amides is 1. The maximum atomic E-state index is 11.7. The predicted octanol–water partition coefficient (Wildman–Crippen LogP) is 1.27. The quantitative estimate of drug-likeness (QED) is 0.648. The number of aromatic amines is 1. The first-order valence-electron chi connectivity index (χ1n) is 4.96. The Balaban J connectivity index is 2.26. The number of nitrogens with one attached hydrogen (secondary N) is 2. The first-order chi connectivity index (χ1) is 8.08. The Kier molecular flexibility index (Phi) is 2.70. The average molecular weight is 233 g/mol. The smallest absolute Gasteiger partial charge is 0.348 e. The third-order valence-electron chi connectivity index (χ3n) is 2.20. The Morgan fingerprint density at radius 2 is 2.12 bits per heavy atom. The zero-order valence-corrected chi connectivity index (χ0v) is 9.10. The first-order valence-corrected chi connectivity index (χ1v) is 4.96. The maximum absolute atomic E-state index is 11.7. The Morgan fingerprint density at radius 1 is 1.41 bits per heavy atom. The summed E-state index contributed by atoms with van der Waals surface area (Å²) in [4.78, 5) is 23.1. The molecule has 2 rings (SSSR count). The highest BCUT2D eigenvalue weighted by Gasteiger charge is 2.10. The summed E-state index contributed by atoms with van der Waals surface area (Å²) in [7, 11) is 0. The molecule has 0 aliphatic carbocycles. The molecular formula is C11H11N3O3. The summed E-state index contributed by atoms with van der Waals surface area (Å²) in [5.74, 6) is -0.0582. The van der Waals surface area contributed by atoms with E-state index in [-0.39, 0.29) is 11.4 Å². The predicted molar refractivity (Wildman–Crippen MR) is 62.3 cm³/mol.